The molecule has 4 N–H and O–H groups in total. The van der Waals surface area contributed by atoms with Gasteiger partial charge in [0.1, 0.15) is 0 Å². The average Bonchev–Trinajstić information content (AvgIpc) is 2.28. The van der Waals surface area contributed by atoms with E-state index in [2.05, 4.69) is 15.9 Å². The molecule has 0 aliphatic rings. The van der Waals surface area contributed by atoms with Gasteiger partial charge in [-0.2, -0.15) is 0 Å². The number of anilines is 2. The van der Waals surface area contributed by atoms with Crippen LogP contribution in [0.3, 0.4) is 0 Å². The molecule has 0 fully saturated rings. The van der Waals surface area contributed by atoms with E-state index in [4.69, 9.17) is 11.5 Å². The third-order valence-electron chi connectivity index (χ3n) is 2.64. The maximum Gasteiger partial charge on any atom is 0.0461 e. The molecule has 2 nitrogen and oxygen atoms in total. The first-order valence-corrected chi connectivity index (χ1v) is 5.79. The maximum atomic E-state index is 5.82. The fourth-order valence-corrected chi connectivity index (χ4v) is 2.03. The maximum absolute atomic E-state index is 5.82. The summed E-state index contributed by atoms with van der Waals surface area (Å²) in [7, 11) is 0. The van der Waals surface area contributed by atoms with Gasteiger partial charge in [0, 0.05) is 15.8 Å². The van der Waals surface area contributed by atoms with Crippen molar-refractivity contribution in [2.24, 2.45) is 0 Å². The van der Waals surface area contributed by atoms with Crippen molar-refractivity contribution in [1.29, 1.82) is 0 Å². The molecule has 0 unspecified atom stereocenters. The molecule has 0 aliphatic heterocycles. The zero-order valence-electron chi connectivity index (χ0n) is 9.00. The Morgan fingerprint density at radius 1 is 0.938 bits per heavy atom. The van der Waals surface area contributed by atoms with Crippen molar-refractivity contribution in [2.75, 3.05) is 11.5 Å². The number of rotatable bonds is 1. The van der Waals surface area contributed by atoms with Gasteiger partial charge in [0.15, 0.2) is 0 Å². The van der Waals surface area contributed by atoms with Crippen LogP contribution >= 0.6 is 15.9 Å². The summed E-state index contributed by atoms with van der Waals surface area (Å²) in [6.45, 7) is 2.05. The van der Waals surface area contributed by atoms with E-state index in [-0.39, 0.29) is 0 Å². The van der Waals surface area contributed by atoms with Gasteiger partial charge < -0.3 is 11.5 Å². The van der Waals surface area contributed by atoms with Crippen molar-refractivity contribution in [3.63, 3.8) is 0 Å². The molecule has 0 saturated carbocycles. The normalized spacial score (nSPS) is 10.4. The van der Waals surface area contributed by atoms with Gasteiger partial charge in [0.2, 0.25) is 0 Å². The van der Waals surface area contributed by atoms with Crippen LogP contribution in [0.1, 0.15) is 5.56 Å². The van der Waals surface area contributed by atoms with Crippen molar-refractivity contribution in [2.45, 2.75) is 6.92 Å². The lowest BCUT2D eigenvalue weighted by atomic mass is 10.00. The molecular weight excluding hydrogens is 264 g/mol. The predicted molar refractivity (Wildman–Crippen MR) is 73.1 cm³/mol. The summed E-state index contributed by atoms with van der Waals surface area (Å²) in [5, 5.41) is 0. The van der Waals surface area contributed by atoms with E-state index in [1.807, 2.05) is 43.3 Å². The Morgan fingerprint density at radius 3 is 2.19 bits per heavy atom. The first-order chi connectivity index (χ1) is 7.59. The lowest BCUT2D eigenvalue weighted by molar-refractivity contribution is 1.42. The first kappa shape index (κ1) is 11.0. The summed E-state index contributed by atoms with van der Waals surface area (Å²) < 4.78 is 0.960. The van der Waals surface area contributed by atoms with Gasteiger partial charge in [-0.25, -0.2) is 0 Å². The third-order valence-corrected chi connectivity index (χ3v) is 3.69. The Kier molecular flexibility index (Phi) is 2.88. The Bertz CT molecular complexity index is 518. The number of halogens is 1. The van der Waals surface area contributed by atoms with Gasteiger partial charge in [-0.15, -0.1) is 0 Å². The van der Waals surface area contributed by atoms with E-state index in [1.54, 1.807) is 0 Å². The molecule has 3 heteroatoms. The quantitative estimate of drug-likeness (QED) is 0.783. The van der Waals surface area contributed by atoms with E-state index in [0.717, 1.165) is 27.0 Å². The molecule has 2 aromatic rings. The molecule has 2 aromatic carbocycles. The second-order valence-corrected chi connectivity index (χ2v) is 4.56. The summed E-state index contributed by atoms with van der Waals surface area (Å²) in [5.41, 5.74) is 16.5. The van der Waals surface area contributed by atoms with Crippen LogP contribution in [0, 0.1) is 6.92 Å². The van der Waals surface area contributed by atoms with Gasteiger partial charge in [0.05, 0.1) is 0 Å². The highest BCUT2D eigenvalue weighted by molar-refractivity contribution is 9.10. The molecule has 0 atom stereocenters. The summed E-state index contributed by atoms with van der Waals surface area (Å²) in [5.74, 6) is 0. The molecule has 0 radical (unpaired) electrons. The summed E-state index contributed by atoms with van der Waals surface area (Å²) in [4.78, 5) is 0. The van der Waals surface area contributed by atoms with Crippen LogP contribution in [-0.2, 0) is 0 Å². The van der Waals surface area contributed by atoms with Gasteiger partial charge in [0.25, 0.3) is 0 Å². The van der Waals surface area contributed by atoms with Crippen LogP contribution in [0.4, 0.5) is 11.4 Å². The predicted octanol–water partition coefficient (Wildman–Crippen LogP) is 3.59. The van der Waals surface area contributed by atoms with Crippen LogP contribution < -0.4 is 11.5 Å². The Balaban J connectivity index is 2.57. The molecule has 0 heterocycles. The Labute approximate surface area is 103 Å². The van der Waals surface area contributed by atoms with E-state index >= 15 is 0 Å². The highest BCUT2D eigenvalue weighted by atomic mass is 79.9. The molecule has 0 amide bonds. The third kappa shape index (κ3) is 1.91. The summed E-state index contributed by atoms with van der Waals surface area (Å²) in [6.07, 6.45) is 0. The molecule has 0 saturated heterocycles. The summed E-state index contributed by atoms with van der Waals surface area (Å²) >= 11 is 3.49. The highest BCUT2D eigenvalue weighted by Crippen LogP contribution is 2.32. The lowest BCUT2D eigenvalue weighted by Crippen LogP contribution is -1.92. The van der Waals surface area contributed by atoms with Crippen LogP contribution in [0.25, 0.3) is 11.1 Å². The number of hydrogen-bond donors (Lipinski definition) is 2. The van der Waals surface area contributed by atoms with E-state index in [1.165, 1.54) is 5.56 Å². The molecule has 0 aromatic heterocycles. The van der Waals surface area contributed by atoms with Crippen molar-refractivity contribution < 1.29 is 0 Å². The van der Waals surface area contributed by atoms with Crippen molar-refractivity contribution in [3.8, 4) is 11.1 Å². The van der Waals surface area contributed by atoms with Gasteiger partial charge >= 0.3 is 0 Å². The molecule has 82 valence electrons. The zero-order chi connectivity index (χ0) is 11.7. The molecule has 0 bridgehead atoms. The molecule has 16 heavy (non-hydrogen) atoms. The molecular formula is C13H13BrN2. The average molecular weight is 277 g/mol. The zero-order valence-corrected chi connectivity index (χ0v) is 10.6. The minimum absolute atomic E-state index is 0.761. The standard InChI is InChI=1S/C13H13BrN2/c1-8-11(6-7-12(16)13(8)14)9-2-4-10(15)5-3-9/h2-7H,15-16H2,1H3. The second-order valence-electron chi connectivity index (χ2n) is 3.76. The van der Waals surface area contributed by atoms with Crippen LogP contribution in [-0.4, -0.2) is 0 Å². The first-order valence-electron chi connectivity index (χ1n) is 5.00. The monoisotopic (exact) mass is 276 g/mol. The highest BCUT2D eigenvalue weighted by Gasteiger charge is 2.07. The van der Waals surface area contributed by atoms with Crippen molar-refractivity contribution in [1.82, 2.24) is 0 Å². The van der Waals surface area contributed by atoms with Gasteiger partial charge in [-0.05, 0) is 57.7 Å². The Hall–Kier alpha value is -1.48. The van der Waals surface area contributed by atoms with Gasteiger partial charge in [-0.1, -0.05) is 18.2 Å². The number of benzene rings is 2. The number of hydrogen-bond acceptors (Lipinski definition) is 2. The van der Waals surface area contributed by atoms with Crippen molar-refractivity contribution >= 4 is 27.3 Å². The number of nitrogens with two attached hydrogens (primary N) is 2. The van der Waals surface area contributed by atoms with E-state index in [9.17, 15) is 0 Å². The van der Waals surface area contributed by atoms with E-state index in [0.29, 0.717) is 0 Å². The van der Waals surface area contributed by atoms with Crippen LogP contribution in [0.2, 0.25) is 0 Å². The molecule has 0 aliphatic carbocycles. The van der Waals surface area contributed by atoms with E-state index < -0.39 is 0 Å². The number of nitrogen functional groups attached to an aromatic ring is 2. The van der Waals surface area contributed by atoms with Gasteiger partial charge in [-0.3, -0.25) is 0 Å². The fourth-order valence-electron chi connectivity index (χ4n) is 1.68. The SMILES string of the molecule is Cc1c(-c2ccc(N)cc2)ccc(N)c1Br. The minimum Gasteiger partial charge on any atom is -0.399 e. The summed E-state index contributed by atoms with van der Waals surface area (Å²) in [6, 6.07) is 11.8. The topological polar surface area (TPSA) is 52.0 Å². The second kappa shape index (κ2) is 4.18. The van der Waals surface area contributed by atoms with Crippen LogP contribution in [0.5, 0.6) is 0 Å². The largest absolute Gasteiger partial charge is 0.399 e. The smallest absolute Gasteiger partial charge is 0.0461 e. The lowest BCUT2D eigenvalue weighted by Gasteiger charge is -2.10. The van der Waals surface area contributed by atoms with Crippen molar-refractivity contribution in [3.05, 3.63) is 46.4 Å². The Morgan fingerprint density at radius 2 is 1.56 bits per heavy atom. The molecule has 0 spiro atoms. The minimum atomic E-state index is 0.761. The fraction of sp³-hybridized carbons (Fsp3) is 0.0769. The molecule has 2 rings (SSSR count). The van der Waals surface area contributed by atoms with Crippen LogP contribution in [0.15, 0.2) is 40.9 Å².